The summed E-state index contributed by atoms with van der Waals surface area (Å²) in [4.78, 5) is 11.4. The van der Waals surface area contributed by atoms with E-state index in [0.29, 0.717) is 18.5 Å². The van der Waals surface area contributed by atoms with E-state index in [2.05, 4.69) is 21.2 Å². The number of nitrogens with one attached hydrogen (secondary N) is 1. The molecule has 0 saturated carbocycles. The molecule has 0 fully saturated rings. The SMILES string of the molecule is N#CCCNC(=O)c1ccc(Br)cc1. The Morgan fingerprint density at radius 3 is 2.64 bits per heavy atom. The Morgan fingerprint density at radius 2 is 2.07 bits per heavy atom. The van der Waals surface area contributed by atoms with Crippen LogP contribution in [0.2, 0.25) is 0 Å². The quantitative estimate of drug-likeness (QED) is 0.838. The van der Waals surface area contributed by atoms with E-state index in [1.54, 1.807) is 24.3 Å². The second-order valence-corrected chi connectivity index (χ2v) is 3.59. The summed E-state index contributed by atoms with van der Waals surface area (Å²) in [5, 5.41) is 10.9. The van der Waals surface area contributed by atoms with Gasteiger partial charge in [0.2, 0.25) is 0 Å². The van der Waals surface area contributed by atoms with Crippen LogP contribution in [0.15, 0.2) is 28.7 Å². The fourth-order valence-electron chi connectivity index (χ4n) is 0.935. The van der Waals surface area contributed by atoms with Gasteiger partial charge in [0.05, 0.1) is 12.5 Å². The van der Waals surface area contributed by atoms with Gasteiger partial charge in [0.1, 0.15) is 0 Å². The normalized spacial score (nSPS) is 9.14. The first-order chi connectivity index (χ1) is 6.74. The van der Waals surface area contributed by atoms with Crippen LogP contribution >= 0.6 is 15.9 Å². The molecule has 72 valence electrons. The smallest absolute Gasteiger partial charge is 0.251 e. The van der Waals surface area contributed by atoms with Crippen LogP contribution in [-0.4, -0.2) is 12.5 Å². The van der Waals surface area contributed by atoms with Gasteiger partial charge in [0, 0.05) is 16.6 Å². The van der Waals surface area contributed by atoms with Gasteiger partial charge in [-0.1, -0.05) is 15.9 Å². The largest absolute Gasteiger partial charge is 0.351 e. The molecule has 3 nitrogen and oxygen atoms in total. The van der Waals surface area contributed by atoms with E-state index in [0.717, 1.165) is 4.47 Å². The van der Waals surface area contributed by atoms with E-state index < -0.39 is 0 Å². The van der Waals surface area contributed by atoms with Gasteiger partial charge in [0.15, 0.2) is 0 Å². The molecule has 0 radical (unpaired) electrons. The summed E-state index contributed by atoms with van der Waals surface area (Å²) in [7, 11) is 0. The predicted molar refractivity (Wildman–Crippen MR) is 56.7 cm³/mol. The molecule has 1 amide bonds. The zero-order valence-corrected chi connectivity index (χ0v) is 9.04. The molecule has 0 unspecified atom stereocenters. The zero-order valence-electron chi connectivity index (χ0n) is 7.46. The first kappa shape index (κ1) is 10.7. The molecule has 0 aromatic heterocycles. The lowest BCUT2D eigenvalue weighted by Crippen LogP contribution is -2.23. The molecule has 4 heteroatoms. The van der Waals surface area contributed by atoms with Crippen molar-refractivity contribution < 1.29 is 4.79 Å². The van der Waals surface area contributed by atoms with E-state index in [9.17, 15) is 4.79 Å². The summed E-state index contributed by atoms with van der Waals surface area (Å²) in [5.74, 6) is -0.146. The third-order valence-electron chi connectivity index (χ3n) is 1.63. The van der Waals surface area contributed by atoms with Crippen molar-refractivity contribution >= 4 is 21.8 Å². The first-order valence-corrected chi connectivity index (χ1v) is 4.94. The first-order valence-electron chi connectivity index (χ1n) is 4.15. The van der Waals surface area contributed by atoms with Crippen molar-refractivity contribution in [1.82, 2.24) is 5.32 Å². The highest BCUT2D eigenvalue weighted by molar-refractivity contribution is 9.10. The molecule has 1 aromatic carbocycles. The monoisotopic (exact) mass is 252 g/mol. The summed E-state index contributed by atoms with van der Waals surface area (Å²) in [6.07, 6.45) is 0.336. The molecule has 0 aliphatic carbocycles. The van der Waals surface area contributed by atoms with E-state index in [-0.39, 0.29) is 5.91 Å². The predicted octanol–water partition coefficient (Wildman–Crippen LogP) is 2.09. The molecule has 14 heavy (non-hydrogen) atoms. The standard InChI is InChI=1S/C10H9BrN2O/c11-9-4-2-8(3-5-9)10(14)13-7-1-6-12/h2-5H,1,7H2,(H,13,14). The summed E-state index contributed by atoms with van der Waals surface area (Å²) < 4.78 is 0.936. The molecule has 1 aromatic rings. The van der Waals surface area contributed by atoms with Crippen molar-refractivity contribution in [2.75, 3.05) is 6.54 Å². The highest BCUT2D eigenvalue weighted by Gasteiger charge is 2.02. The van der Waals surface area contributed by atoms with E-state index in [1.807, 2.05) is 6.07 Å². The number of nitrogens with zero attached hydrogens (tertiary/aromatic N) is 1. The van der Waals surface area contributed by atoms with Crippen LogP contribution < -0.4 is 5.32 Å². The van der Waals surface area contributed by atoms with Crippen molar-refractivity contribution in [3.8, 4) is 6.07 Å². The average molecular weight is 253 g/mol. The Kier molecular flexibility index (Phi) is 4.14. The third-order valence-corrected chi connectivity index (χ3v) is 2.16. The van der Waals surface area contributed by atoms with Crippen molar-refractivity contribution in [2.45, 2.75) is 6.42 Å². The molecule has 0 heterocycles. The number of nitriles is 1. The highest BCUT2D eigenvalue weighted by atomic mass is 79.9. The minimum atomic E-state index is -0.146. The van der Waals surface area contributed by atoms with Crippen molar-refractivity contribution in [1.29, 1.82) is 5.26 Å². The van der Waals surface area contributed by atoms with Crippen LogP contribution in [0, 0.1) is 11.3 Å². The molecule has 0 bridgehead atoms. The van der Waals surface area contributed by atoms with Gasteiger partial charge in [-0.15, -0.1) is 0 Å². The van der Waals surface area contributed by atoms with Gasteiger partial charge < -0.3 is 5.32 Å². The van der Waals surface area contributed by atoms with Crippen LogP contribution in [0.25, 0.3) is 0 Å². The van der Waals surface area contributed by atoms with Gasteiger partial charge in [-0.05, 0) is 24.3 Å². The van der Waals surface area contributed by atoms with E-state index in [1.165, 1.54) is 0 Å². The number of amides is 1. The molecular weight excluding hydrogens is 244 g/mol. The number of hydrogen-bond acceptors (Lipinski definition) is 2. The maximum Gasteiger partial charge on any atom is 0.251 e. The maximum absolute atomic E-state index is 11.4. The molecular formula is C10H9BrN2O. The van der Waals surface area contributed by atoms with Crippen LogP contribution in [-0.2, 0) is 0 Å². The molecule has 1 N–H and O–H groups in total. The van der Waals surface area contributed by atoms with Gasteiger partial charge in [-0.3, -0.25) is 4.79 Å². The minimum absolute atomic E-state index is 0.146. The lowest BCUT2D eigenvalue weighted by Gasteiger charge is -2.02. The number of hydrogen-bond donors (Lipinski definition) is 1. The Balaban J connectivity index is 2.53. The van der Waals surface area contributed by atoms with E-state index >= 15 is 0 Å². The topological polar surface area (TPSA) is 52.9 Å². The Hall–Kier alpha value is -1.34. The summed E-state index contributed by atoms with van der Waals surface area (Å²) >= 11 is 3.28. The third kappa shape index (κ3) is 3.19. The second-order valence-electron chi connectivity index (χ2n) is 2.67. The second kappa shape index (κ2) is 5.40. The molecule has 0 spiro atoms. The van der Waals surface area contributed by atoms with Crippen LogP contribution in [0.4, 0.5) is 0 Å². The number of carbonyl (C=O) groups is 1. The van der Waals surface area contributed by atoms with Gasteiger partial charge in [-0.2, -0.15) is 5.26 Å². The van der Waals surface area contributed by atoms with E-state index in [4.69, 9.17) is 5.26 Å². The average Bonchev–Trinajstić information content (AvgIpc) is 2.19. The fourth-order valence-corrected chi connectivity index (χ4v) is 1.20. The van der Waals surface area contributed by atoms with Crippen LogP contribution in [0.3, 0.4) is 0 Å². The number of halogens is 1. The zero-order chi connectivity index (χ0) is 10.4. The van der Waals surface area contributed by atoms with Gasteiger partial charge in [-0.25, -0.2) is 0 Å². The van der Waals surface area contributed by atoms with Gasteiger partial charge >= 0.3 is 0 Å². The minimum Gasteiger partial charge on any atom is -0.351 e. The van der Waals surface area contributed by atoms with Crippen LogP contribution in [0.1, 0.15) is 16.8 Å². The lowest BCUT2D eigenvalue weighted by atomic mass is 10.2. The number of benzene rings is 1. The molecule has 0 atom stereocenters. The number of rotatable bonds is 3. The summed E-state index contributed by atoms with van der Waals surface area (Å²) in [5.41, 5.74) is 0.603. The summed E-state index contributed by atoms with van der Waals surface area (Å²) in [6, 6.07) is 9.03. The van der Waals surface area contributed by atoms with Crippen LogP contribution in [0.5, 0.6) is 0 Å². The molecule has 0 aliphatic heterocycles. The maximum atomic E-state index is 11.4. The molecule has 0 aliphatic rings. The highest BCUT2D eigenvalue weighted by Crippen LogP contribution is 2.10. The summed E-state index contributed by atoms with van der Waals surface area (Å²) in [6.45, 7) is 0.394. The van der Waals surface area contributed by atoms with Gasteiger partial charge in [0.25, 0.3) is 5.91 Å². The van der Waals surface area contributed by atoms with Crippen molar-refractivity contribution in [2.24, 2.45) is 0 Å². The molecule has 1 rings (SSSR count). The Morgan fingerprint density at radius 1 is 1.43 bits per heavy atom. The fraction of sp³-hybridized carbons (Fsp3) is 0.200. The Labute approximate surface area is 90.9 Å². The number of carbonyl (C=O) groups excluding carboxylic acids is 1. The van der Waals surface area contributed by atoms with Crippen molar-refractivity contribution in [3.63, 3.8) is 0 Å². The lowest BCUT2D eigenvalue weighted by molar-refractivity contribution is 0.0954. The Bertz CT molecular complexity index is 353. The van der Waals surface area contributed by atoms with Crippen molar-refractivity contribution in [3.05, 3.63) is 34.3 Å². The molecule has 0 saturated heterocycles.